The van der Waals surface area contributed by atoms with Gasteiger partial charge in [-0.3, -0.25) is 0 Å². The second-order valence-electron chi connectivity index (χ2n) is 5.02. The summed E-state index contributed by atoms with van der Waals surface area (Å²) in [6.45, 7) is 0.801. The Morgan fingerprint density at radius 3 is 2.61 bits per heavy atom. The zero-order valence-corrected chi connectivity index (χ0v) is 13.1. The Bertz CT molecular complexity index is 576. The van der Waals surface area contributed by atoms with Crippen molar-refractivity contribution in [3.63, 3.8) is 0 Å². The lowest BCUT2D eigenvalue weighted by Gasteiger charge is -2.15. The van der Waals surface area contributed by atoms with Crippen LogP contribution in [0.4, 0.5) is 0 Å². The molecule has 0 aromatic heterocycles. The van der Waals surface area contributed by atoms with Gasteiger partial charge in [-0.05, 0) is 45.6 Å². The molecule has 1 saturated carbocycles. The first-order chi connectivity index (χ1) is 8.74. The molecule has 18 heavy (non-hydrogen) atoms. The third kappa shape index (κ3) is 2.30. The molecule has 0 N–H and O–H groups in total. The highest BCUT2D eigenvalue weighted by Crippen LogP contribution is 2.47. The number of fused-ring (bicyclic) bond motifs is 1. The molecule has 3 heteroatoms. The Balaban J connectivity index is 1.86. The van der Waals surface area contributed by atoms with Crippen LogP contribution in [0.25, 0.3) is 10.8 Å². The standard InChI is InChI=1S/C15H14Br2O/c16-9-15(7-8-15)10-18-13-6-5-11-3-1-2-4-12(11)14(13)17/h1-6H,7-10H2. The zero-order valence-electron chi connectivity index (χ0n) is 9.96. The van der Waals surface area contributed by atoms with Gasteiger partial charge in [0.2, 0.25) is 0 Å². The predicted molar refractivity (Wildman–Crippen MR) is 82.6 cm³/mol. The van der Waals surface area contributed by atoms with Gasteiger partial charge in [0.15, 0.2) is 0 Å². The number of hydrogen-bond acceptors (Lipinski definition) is 1. The fourth-order valence-corrected chi connectivity index (χ4v) is 3.38. The summed E-state index contributed by atoms with van der Waals surface area (Å²) in [6, 6.07) is 12.5. The maximum atomic E-state index is 5.99. The first-order valence-corrected chi connectivity index (χ1v) is 8.02. The van der Waals surface area contributed by atoms with Crippen molar-refractivity contribution in [3.8, 4) is 5.75 Å². The molecule has 94 valence electrons. The molecular weight excluding hydrogens is 356 g/mol. The lowest BCUT2D eigenvalue weighted by atomic mass is 10.1. The van der Waals surface area contributed by atoms with E-state index in [1.165, 1.54) is 23.6 Å². The molecule has 0 unspecified atom stereocenters. The number of ether oxygens (including phenoxy) is 1. The fraction of sp³-hybridized carbons (Fsp3) is 0.333. The number of halogens is 2. The molecule has 1 nitrogen and oxygen atoms in total. The summed E-state index contributed by atoms with van der Waals surface area (Å²) in [7, 11) is 0. The highest BCUT2D eigenvalue weighted by molar-refractivity contribution is 9.10. The van der Waals surface area contributed by atoms with Crippen LogP contribution in [0.15, 0.2) is 40.9 Å². The van der Waals surface area contributed by atoms with Crippen LogP contribution in [-0.4, -0.2) is 11.9 Å². The van der Waals surface area contributed by atoms with Crippen LogP contribution in [0, 0.1) is 5.41 Å². The molecule has 2 aromatic carbocycles. The van der Waals surface area contributed by atoms with Crippen molar-refractivity contribution >= 4 is 42.6 Å². The van der Waals surface area contributed by atoms with Gasteiger partial charge in [0, 0.05) is 10.7 Å². The molecule has 0 spiro atoms. The lowest BCUT2D eigenvalue weighted by molar-refractivity contribution is 0.250. The molecule has 0 bridgehead atoms. The molecule has 0 radical (unpaired) electrons. The minimum Gasteiger partial charge on any atom is -0.492 e. The summed E-state index contributed by atoms with van der Waals surface area (Å²) < 4.78 is 7.05. The molecule has 1 fully saturated rings. The first-order valence-electron chi connectivity index (χ1n) is 6.10. The number of alkyl halides is 1. The average molecular weight is 370 g/mol. The molecular formula is C15H14Br2O. The quantitative estimate of drug-likeness (QED) is 0.676. The van der Waals surface area contributed by atoms with Crippen molar-refractivity contribution in [2.45, 2.75) is 12.8 Å². The first kappa shape index (κ1) is 12.5. The van der Waals surface area contributed by atoms with Crippen molar-refractivity contribution in [1.29, 1.82) is 0 Å². The average Bonchev–Trinajstić information content (AvgIpc) is 3.19. The smallest absolute Gasteiger partial charge is 0.134 e. The van der Waals surface area contributed by atoms with Gasteiger partial charge in [0.25, 0.3) is 0 Å². The summed E-state index contributed by atoms with van der Waals surface area (Å²) in [5, 5.41) is 3.47. The summed E-state index contributed by atoms with van der Waals surface area (Å²) in [5.74, 6) is 0.945. The van der Waals surface area contributed by atoms with Crippen LogP contribution in [0.5, 0.6) is 5.75 Å². The van der Waals surface area contributed by atoms with E-state index in [1.54, 1.807) is 0 Å². The molecule has 0 atom stereocenters. The summed E-state index contributed by atoms with van der Waals surface area (Å²) in [5.41, 5.74) is 0.380. The van der Waals surface area contributed by atoms with Crippen molar-refractivity contribution in [1.82, 2.24) is 0 Å². The van der Waals surface area contributed by atoms with Gasteiger partial charge < -0.3 is 4.74 Å². The van der Waals surface area contributed by atoms with Gasteiger partial charge in [-0.2, -0.15) is 0 Å². The maximum Gasteiger partial charge on any atom is 0.134 e. The summed E-state index contributed by atoms with van der Waals surface area (Å²) in [6.07, 6.45) is 2.53. The Labute approximate surface area is 124 Å². The SMILES string of the molecule is BrCC1(COc2ccc3ccccc3c2Br)CC1. The van der Waals surface area contributed by atoms with Gasteiger partial charge in [-0.15, -0.1) is 0 Å². The molecule has 1 aliphatic rings. The van der Waals surface area contributed by atoms with Gasteiger partial charge in [-0.25, -0.2) is 0 Å². The number of rotatable bonds is 4. The van der Waals surface area contributed by atoms with Gasteiger partial charge in [-0.1, -0.05) is 46.3 Å². The van der Waals surface area contributed by atoms with Crippen LogP contribution in [0.2, 0.25) is 0 Å². The topological polar surface area (TPSA) is 9.23 Å². The van der Waals surface area contributed by atoms with E-state index in [9.17, 15) is 0 Å². The van der Waals surface area contributed by atoms with E-state index in [0.717, 1.165) is 22.2 Å². The third-order valence-electron chi connectivity index (χ3n) is 3.60. The summed E-state index contributed by atoms with van der Waals surface area (Å²) in [4.78, 5) is 0. The Morgan fingerprint density at radius 2 is 1.89 bits per heavy atom. The Morgan fingerprint density at radius 1 is 1.11 bits per heavy atom. The molecule has 0 aliphatic heterocycles. The monoisotopic (exact) mass is 368 g/mol. The number of benzene rings is 2. The second kappa shape index (κ2) is 4.86. The van der Waals surface area contributed by atoms with Gasteiger partial charge >= 0.3 is 0 Å². The molecule has 1 aliphatic carbocycles. The number of hydrogen-bond donors (Lipinski definition) is 0. The summed E-state index contributed by atoms with van der Waals surface area (Å²) >= 11 is 7.23. The minimum absolute atomic E-state index is 0.380. The predicted octanol–water partition coefficient (Wildman–Crippen LogP) is 5.16. The fourth-order valence-electron chi connectivity index (χ4n) is 2.05. The van der Waals surface area contributed by atoms with E-state index in [1.807, 2.05) is 0 Å². The van der Waals surface area contributed by atoms with E-state index in [0.29, 0.717) is 5.41 Å². The van der Waals surface area contributed by atoms with E-state index in [4.69, 9.17) is 4.74 Å². The Hall–Kier alpha value is -0.540. The van der Waals surface area contributed by atoms with Crippen molar-refractivity contribution in [2.75, 3.05) is 11.9 Å². The highest BCUT2D eigenvalue weighted by Gasteiger charge is 2.42. The molecule has 0 saturated heterocycles. The van der Waals surface area contributed by atoms with Crippen molar-refractivity contribution in [2.24, 2.45) is 5.41 Å². The van der Waals surface area contributed by atoms with Crippen molar-refractivity contribution < 1.29 is 4.74 Å². The van der Waals surface area contributed by atoms with Crippen LogP contribution in [0.1, 0.15) is 12.8 Å². The van der Waals surface area contributed by atoms with Gasteiger partial charge in [0.05, 0.1) is 11.1 Å². The van der Waals surface area contributed by atoms with Crippen LogP contribution in [-0.2, 0) is 0 Å². The van der Waals surface area contributed by atoms with Gasteiger partial charge in [0.1, 0.15) is 5.75 Å². The third-order valence-corrected chi connectivity index (χ3v) is 5.61. The molecule has 3 rings (SSSR count). The molecule has 2 aromatic rings. The zero-order chi connectivity index (χ0) is 12.6. The largest absolute Gasteiger partial charge is 0.492 e. The Kier molecular flexibility index (Phi) is 3.37. The van der Waals surface area contributed by atoms with E-state index >= 15 is 0 Å². The molecule has 0 amide bonds. The molecule has 0 heterocycles. The van der Waals surface area contributed by atoms with E-state index in [2.05, 4.69) is 68.3 Å². The minimum atomic E-state index is 0.380. The van der Waals surface area contributed by atoms with E-state index in [-0.39, 0.29) is 0 Å². The van der Waals surface area contributed by atoms with E-state index < -0.39 is 0 Å². The van der Waals surface area contributed by atoms with Crippen molar-refractivity contribution in [3.05, 3.63) is 40.9 Å². The van der Waals surface area contributed by atoms with Crippen LogP contribution < -0.4 is 4.74 Å². The highest BCUT2D eigenvalue weighted by atomic mass is 79.9. The normalized spacial score (nSPS) is 16.8. The van der Waals surface area contributed by atoms with Crippen LogP contribution >= 0.6 is 31.9 Å². The second-order valence-corrected chi connectivity index (χ2v) is 6.37. The maximum absolute atomic E-state index is 5.99. The lowest BCUT2D eigenvalue weighted by Crippen LogP contribution is -2.14. The van der Waals surface area contributed by atoms with Crippen LogP contribution in [0.3, 0.4) is 0 Å².